The number of rotatable bonds is 8. The highest BCUT2D eigenvalue weighted by molar-refractivity contribution is 8.00. The summed E-state index contributed by atoms with van der Waals surface area (Å²) >= 11 is 4.75. The van der Waals surface area contributed by atoms with Gasteiger partial charge in [-0.3, -0.25) is 0 Å². The minimum Gasteiger partial charge on any atom is -0.492 e. The van der Waals surface area contributed by atoms with Gasteiger partial charge >= 0.3 is 0 Å². The third-order valence-corrected chi connectivity index (χ3v) is 6.44. The summed E-state index contributed by atoms with van der Waals surface area (Å²) in [4.78, 5) is 4.64. The predicted molar refractivity (Wildman–Crippen MR) is 110 cm³/mol. The minimum atomic E-state index is 0.615. The fourth-order valence-electron chi connectivity index (χ4n) is 2.31. The third kappa shape index (κ3) is 4.49. The second-order valence-electron chi connectivity index (χ2n) is 5.37. The first-order valence-electron chi connectivity index (χ1n) is 8.24. The highest BCUT2D eigenvalue weighted by Gasteiger charge is 2.10. The van der Waals surface area contributed by atoms with Crippen LogP contribution in [0.1, 0.15) is 12.6 Å². The number of furan rings is 1. The van der Waals surface area contributed by atoms with Gasteiger partial charge in [0.05, 0.1) is 24.3 Å². The number of aromatic nitrogens is 3. The van der Waals surface area contributed by atoms with Crippen LogP contribution in [-0.2, 0) is 5.75 Å². The number of thioether (sulfide) groups is 1. The molecule has 0 aliphatic heterocycles. The second-order valence-corrected chi connectivity index (χ2v) is 8.43. The average Bonchev–Trinajstić information content (AvgIpc) is 3.43. The van der Waals surface area contributed by atoms with Gasteiger partial charge in [0.2, 0.25) is 5.13 Å². The van der Waals surface area contributed by atoms with Gasteiger partial charge in [0.15, 0.2) is 4.34 Å². The SMILES string of the molecule is CCOc1ccccc1Nc1nnc(SCc2csc(-c3ccoc3)n2)s1. The van der Waals surface area contributed by atoms with Gasteiger partial charge in [-0.1, -0.05) is 35.2 Å². The Morgan fingerprint density at radius 2 is 2.15 bits per heavy atom. The van der Waals surface area contributed by atoms with Crippen molar-refractivity contribution >= 4 is 45.3 Å². The molecular formula is C18H16N4O2S3. The first-order chi connectivity index (χ1) is 13.3. The molecule has 0 fully saturated rings. The number of para-hydroxylation sites is 2. The lowest BCUT2D eigenvalue weighted by Gasteiger charge is -2.09. The molecule has 1 N–H and O–H groups in total. The van der Waals surface area contributed by atoms with Crippen LogP contribution in [0.15, 0.2) is 57.0 Å². The molecule has 0 spiro atoms. The zero-order chi connectivity index (χ0) is 18.5. The van der Waals surface area contributed by atoms with Crippen molar-refractivity contribution in [2.24, 2.45) is 0 Å². The topological polar surface area (TPSA) is 73.1 Å². The van der Waals surface area contributed by atoms with Crippen molar-refractivity contribution in [2.45, 2.75) is 17.0 Å². The summed E-state index contributed by atoms with van der Waals surface area (Å²) in [5.41, 5.74) is 2.91. The Labute approximate surface area is 168 Å². The fraction of sp³-hybridized carbons (Fsp3) is 0.167. The van der Waals surface area contributed by atoms with E-state index in [-0.39, 0.29) is 0 Å². The van der Waals surface area contributed by atoms with E-state index in [0.29, 0.717) is 6.61 Å². The lowest BCUT2D eigenvalue weighted by Crippen LogP contribution is -1.97. The summed E-state index contributed by atoms with van der Waals surface area (Å²) in [5.74, 6) is 1.55. The van der Waals surface area contributed by atoms with Crippen molar-refractivity contribution in [3.8, 4) is 16.3 Å². The maximum Gasteiger partial charge on any atom is 0.210 e. The molecule has 9 heteroatoms. The van der Waals surface area contributed by atoms with Crippen LogP contribution in [0, 0.1) is 0 Å². The number of ether oxygens (including phenoxy) is 1. The molecule has 3 heterocycles. The largest absolute Gasteiger partial charge is 0.492 e. The lowest BCUT2D eigenvalue weighted by molar-refractivity contribution is 0.342. The zero-order valence-corrected chi connectivity index (χ0v) is 16.9. The minimum absolute atomic E-state index is 0.615. The Balaban J connectivity index is 1.37. The van der Waals surface area contributed by atoms with Crippen molar-refractivity contribution in [3.05, 3.63) is 53.9 Å². The average molecular weight is 417 g/mol. The van der Waals surface area contributed by atoms with E-state index in [1.807, 2.05) is 37.3 Å². The lowest BCUT2D eigenvalue weighted by atomic mass is 10.3. The van der Waals surface area contributed by atoms with Crippen LogP contribution in [0.25, 0.3) is 10.6 Å². The first kappa shape index (κ1) is 18.0. The molecule has 0 bridgehead atoms. The van der Waals surface area contributed by atoms with E-state index in [1.54, 1.807) is 35.6 Å². The fourth-order valence-corrected chi connectivity index (χ4v) is 4.88. The summed E-state index contributed by atoms with van der Waals surface area (Å²) < 4.78 is 11.6. The standard InChI is InChI=1S/C18H16N4O2S3/c1-2-24-15-6-4-3-5-14(15)20-17-21-22-18(27-17)26-11-13-10-25-16(19-13)12-7-8-23-9-12/h3-10H,2,11H2,1H3,(H,20,21). The molecule has 4 rings (SSSR count). The number of nitrogens with one attached hydrogen (secondary N) is 1. The molecule has 0 aliphatic rings. The molecule has 4 aromatic rings. The molecule has 138 valence electrons. The molecule has 6 nitrogen and oxygen atoms in total. The van der Waals surface area contributed by atoms with Crippen LogP contribution in [-0.4, -0.2) is 21.8 Å². The van der Waals surface area contributed by atoms with Crippen molar-refractivity contribution < 1.29 is 9.15 Å². The summed E-state index contributed by atoms with van der Waals surface area (Å²) in [7, 11) is 0. The maximum absolute atomic E-state index is 5.63. The van der Waals surface area contributed by atoms with E-state index < -0.39 is 0 Å². The van der Waals surface area contributed by atoms with Gasteiger partial charge < -0.3 is 14.5 Å². The van der Waals surface area contributed by atoms with Gasteiger partial charge in [0, 0.05) is 16.7 Å². The number of hydrogen-bond acceptors (Lipinski definition) is 9. The van der Waals surface area contributed by atoms with Gasteiger partial charge in [-0.25, -0.2) is 4.98 Å². The molecule has 27 heavy (non-hydrogen) atoms. The normalized spacial score (nSPS) is 10.9. The number of thiazole rings is 1. The molecule has 0 radical (unpaired) electrons. The number of nitrogens with zero attached hydrogens (tertiary/aromatic N) is 3. The number of anilines is 2. The molecule has 1 aromatic carbocycles. The van der Waals surface area contributed by atoms with E-state index >= 15 is 0 Å². The maximum atomic E-state index is 5.63. The van der Waals surface area contributed by atoms with Crippen LogP contribution < -0.4 is 10.1 Å². The molecule has 0 atom stereocenters. The van der Waals surface area contributed by atoms with Crippen LogP contribution >= 0.6 is 34.4 Å². The third-order valence-electron chi connectivity index (χ3n) is 3.50. The quantitative estimate of drug-likeness (QED) is 0.370. The first-order valence-corrected chi connectivity index (χ1v) is 10.9. The summed E-state index contributed by atoms with van der Waals surface area (Å²) in [6, 6.07) is 9.72. The Hall–Kier alpha value is -2.36. The van der Waals surface area contributed by atoms with Gasteiger partial charge in [0.25, 0.3) is 0 Å². The predicted octanol–water partition coefficient (Wildman–Crippen LogP) is 5.69. The Morgan fingerprint density at radius 1 is 1.22 bits per heavy atom. The van der Waals surface area contributed by atoms with Crippen LogP contribution in [0.5, 0.6) is 5.75 Å². The molecular weight excluding hydrogens is 400 g/mol. The highest BCUT2D eigenvalue weighted by Crippen LogP contribution is 2.33. The van der Waals surface area contributed by atoms with Crippen molar-refractivity contribution in [1.29, 1.82) is 0 Å². The second kappa shape index (κ2) is 8.55. The molecule has 0 saturated carbocycles. The monoisotopic (exact) mass is 416 g/mol. The number of benzene rings is 1. The Bertz CT molecular complexity index is 998. The smallest absolute Gasteiger partial charge is 0.210 e. The van der Waals surface area contributed by atoms with E-state index in [9.17, 15) is 0 Å². The molecule has 0 aliphatic carbocycles. The summed E-state index contributed by atoms with van der Waals surface area (Å²) in [6.07, 6.45) is 3.36. The molecule has 0 saturated heterocycles. The van der Waals surface area contributed by atoms with Crippen LogP contribution in [0.3, 0.4) is 0 Å². The van der Waals surface area contributed by atoms with Gasteiger partial charge in [-0.05, 0) is 25.1 Å². The van der Waals surface area contributed by atoms with E-state index in [4.69, 9.17) is 9.15 Å². The van der Waals surface area contributed by atoms with Crippen LogP contribution in [0.2, 0.25) is 0 Å². The molecule has 0 amide bonds. The Morgan fingerprint density at radius 3 is 3.00 bits per heavy atom. The Kier molecular flexibility index (Phi) is 5.71. The summed E-state index contributed by atoms with van der Waals surface area (Å²) in [5, 5.41) is 15.5. The van der Waals surface area contributed by atoms with E-state index in [1.165, 1.54) is 11.3 Å². The molecule has 3 aromatic heterocycles. The van der Waals surface area contributed by atoms with Crippen molar-refractivity contribution in [2.75, 3.05) is 11.9 Å². The summed E-state index contributed by atoms with van der Waals surface area (Å²) in [6.45, 7) is 2.58. The van der Waals surface area contributed by atoms with E-state index in [0.717, 1.165) is 42.9 Å². The van der Waals surface area contributed by atoms with Gasteiger partial charge in [-0.15, -0.1) is 21.5 Å². The molecule has 0 unspecified atom stereocenters. The van der Waals surface area contributed by atoms with Crippen LogP contribution in [0.4, 0.5) is 10.8 Å². The van der Waals surface area contributed by atoms with Gasteiger partial charge in [-0.2, -0.15) is 0 Å². The van der Waals surface area contributed by atoms with Crippen molar-refractivity contribution in [1.82, 2.24) is 15.2 Å². The number of hydrogen-bond donors (Lipinski definition) is 1. The zero-order valence-electron chi connectivity index (χ0n) is 14.4. The van der Waals surface area contributed by atoms with Gasteiger partial charge in [0.1, 0.15) is 17.0 Å². The highest BCUT2D eigenvalue weighted by atomic mass is 32.2. The van der Waals surface area contributed by atoms with E-state index in [2.05, 4.69) is 25.9 Å². The van der Waals surface area contributed by atoms with Crippen molar-refractivity contribution in [3.63, 3.8) is 0 Å².